The van der Waals surface area contributed by atoms with Gasteiger partial charge in [0.2, 0.25) is 0 Å². The van der Waals surface area contributed by atoms with Crippen LogP contribution < -0.4 is 5.32 Å². The van der Waals surface area contributed by atoms with Crippen LogP contribution >= 0.6 is 0 Å². The van der Waals surface area contributed by atoms with Gasteiger partial charge >= 0.3 is 5.92 Å². The summed E-state index contributed by atoms with van der Waals surface area (Å²) >= 11 is 0. The third-order valence-corrected chi connectivity index (χ3v) is 3.81. The standard InChI is InChI=1S/C16H16F2N2/c1-15(2)10-20-13-8-14(19-9-12(13)15)16(17,18)11-6-4-3-5-7-11/h3-9,20H,10H2,1-2H3. The van der Waals surface area contributed by atoms with E-state index in [1.54, 1.807) is 24.4 Å². The van der Waals surface area contributed by atoms with E-state index in [2.05, 4.69) is 24.1 Å². The lowest BCUT2D eigenvalue weighted by molar-refractivity contribution is 0.0380. The summed E-state index contributed by atoms with van der Waals surface area (Å²) in [4.78, 5) is 4.00. The Bertz CT molecular complexity index is 636. The van der Waals surface area contributed by atoms with E-state index < -0.39 is 5.92 Å². The molecule has 0 saturated carbocycles. The molecule has 1 aromatic carbocycles. The maximum atomic E-state index is 14.5. The summed E-state index contributed by atoms with van der Waals surface area (Å²) in [7, 11) is 0. The molecule has 1 N–H and O–H groups in total. The second-order valence-electron chi connectivity index (χ2n) is 5.79. The maximum Gasteiger partial charge on any atom is 0.314 e. The molecule has 1 aliphatic rings. The van der Waals surface area contributed by atoms with Crippen LogP contribution in [0.15, 0.2) is 42.6 Å². The number of rotatable bonds is 2. The third kappa shape index (κ3) is 1.96. The van der Waals surface area contributed by atoms with Crippen molar-refractivity contribution in [1.29, 1.82) is 0 Å². The SMILES string of the molecule is CC1(C)CNc2cc(C(F)(F)c3ccccc3)ncc21. The predicted octanol–water partition coefficient (Wildman–Crippen LogP) is 3.92. The second kappa shape index (κ2) is 4.27. The van der Waals surface area contributed by atoms with Crippen LogP contribution in [0.25, 0.3) is 0 Å². The number of nitrogens with zero attached hydrogens (tertiary/aromatic N) is 1. The normalized spacial score (nSPS) is 16.6. The third-order valence-electron chi connectivity index (χ3n) is 3.81. The zero-order chi connectivity index (χ0) is 14.4. The van der Waals surface area contributed by atoms with Gasteiger partial charge in [0.05, 0.1) is 0 Å². The van der Waals surface area contributed by atoms with Crippen LogP contribution in [-0.2, 0) is 11.3 Å². The van der Waals surface area contributed by atoms with Crippen molar-refractivity contribution in [3.8, 4) is 0 Å². The van der Waals surface area contributed by atoms with Crippen molar-refractivity contribution in [2.75, 3.05) is 11.9 Å². The van der Waals surface area contributed by atoms with Gasteiger partial charge < -0.3 is 5.32 Å². The first kappa shape index (κ1) is 13.0. The Hall–Kier alpha value is -1.97. The summed E-state index contributed by atoms with van der Waals surface area (Å²) in [6.45, 7) is 4.88. The predicted molar refractivity (Wildman–Crippen MR) is 75.2 cm³/mol. The Balaban J connectivity index is 2.04. The lowest BCUT2D eigenvalue weighted by Gasteiger charge is -2.19. The fraction of sp³-hybridized carbons (Fsp3) is 0.312. The van der Waals surface area contributed by atoms with Gasteiger partial charge in [-0.1, -0.05) is 44.2 Å². The average molecular weight is 274 g/mol. The minimum atomic E-state index is -3.08. The van der Waals surface area contributed by atoms with Gasteiger partial charge in [0, 0.05) is 35.0 Å². The van der Waals surface area contributed by atoms with Crippen molar-refractivity contribution >= 4 is 5.69 Å². The number of hydrogen-bond acceptors (Lipinski definition) is 2. The lowest BCUT2D eigenvalue weighted by Crippen LogP contribution is -2.20. The Labute approximate surface area is 116 Å². The fourth-order valence-corrected chi connectivity index (χ4v) is 2.52. The molecule has 2 nitrogen and oxygen atoms in total. The number of fused-ring (bicyclic) bond motifs is 1. The number of pyridine rings is 1. The summed E-state index contributed by atoms with van der Waals surface area (Å²) in [6.07, 6.45) is 1.57. The number of anilines is 1. The van der Waals surface area contributed by atoms with E-state index in [0.29, 0.717) is 0 Å². The molecular formula is C16H16F2N2. The Morgan fingerprint density at radius 1 is 1.20 bits per heavy atom. The van der Waals surface area contributed by atoms with E-state index >= 15 is 0 Å². The highest BCUT2D eigenvalue weighted by Crippen LogP contribution is 2.40. The van der Waals surface area contributed by atoms with Gasteiger partial charge in [-0.05, 0) is 6.07 Å². The quantitative estimate of drug-likeness (QED) is 0.897. The van der Waals surface area contributed by atoms with Crippen LogP contribution in [-0.4, -0.2) is 11.5 Å². The first-order valence-corrected chi connectivity index (χ1v) is 6.59. The van der Waals surface area contributed by atoms with E-state index in [4.69, 9.17) is 0 Å². The molecule has 0 amide bonds. The van der Waals surface area contributed by atoms with Crippen molar-refractivity contribution in [2.45, 2.75) is 25.2 Å². The zero-order valence-corrected chi connectivity index (χ0v) is 11.5. The highest BCUT2D eigenvalue weighted by atomic mass is 19.3. The van der Waals surface area contributed by atoms with Crippen LogP contribution in [0.1, 0.15) is 30.7 Å². The summed E-state index contributed by atoms with van der Waals surface area (Å²) in [5.74, 6) is -3.08. The van der Waals surface area contributed by atoms with Gasteiger partial charge in [0.1, 0.15) is 5.69 Å². The number of hydrogen-bond donors (Lipinski definition) is 1. The first-order valence-electron chi connectivity index (χ1n) is 6.59. The monoisotopic (exact) mass is 274 g/mol. The Morgan fingerprint density at radius 3 is 2.60 bits per heavy atom. The molecule has 0 saturated heterocycles. The van der Waals surface area contributed by atoms with Crippen LogP contribution in [0.5, 0.6) is 0 Å². The molecule has 2 heterocycles. The minimum Gasteiger partial charge on any atom is -0.384 e. The molecular weight excluding hydrogens is 258 g/mol. The highest BCUT2D eigenvalue weighted by molar-refractivity contribution is 5.60. The Kier molecular flexibility index (Phi) is 2.78. The summed E-state index contributed by atoms with van der Waals surface area (Å²) in [5.41, 5.74) is 1.43. The molecule has 3 rings (SSSR count). The molecule has 0 radical (unpaired) electrons. The molecule has 0 spiro atoms. The fourth-order valence-electron chi connectivity index (χ4n) is 2.52. The highest BCUT2D eigenvalue weighted by Gasteiger charge is 2.38. The van der Waals surface area contributed by atoms with Gasteiger partial charge in [0.15, 0.2) is 0 Å². The molecule has 20 heavy (non-hydrogen) atoms. The summed E-state index contributed by atoms with van der Waals surface area (Å²) < 4.78 is 28.9. The number of aromatic nitrogens is 1. The molecule has 0 atom stereocenters. The number of alkyl halides is 2. The Morgan fingerprint density at radius 2 is 1.90 bits per heavy atom. The molecule has 0 unspecified atom stereocenters. The van der Waals surface area contributed by atoms with Crippen LogP contribution in [0.3, 0.4) is 0 Å². The molecule has 4 heteroatoms. The molecule has 0 aliphatic carbocycles. The molecule has 0 bridgehead atoms. The van der Waals surface area contributed by atoms with E-state index in [0.717, 1.165) is 17.8 Å². The summed E-state index contributed by atoms with van der Waals surface area (Å²) in [6, 6.07) is 9.26. The van der Waals surface area contributed by atoms with Crippen molar-refractivity contribution in [3.05, 3.63) is 59.4 Å². The zero-order valence-electron chi connectivity index (χ0n) is 11.5. The molecule has 104 valence electrons. The molecule has 2 aromatic rings. The van der Waals surface area contributed by atoms with Crippen molar-refractivity contribution < 1.29 is 8.78 Å². The average Bonchev–Trinajstić information content (AvgIpc) is 2.75. The molecule has 0 fully saturated rings. The molecule has 1 aliphatic heterocycles. The van der Waals surface area contributed by atoms with Crippen LogP contribution in [0.4, 0.5) is 14.5 Å². The topological polar surface area (TPSA) is 24.9 Å². The number of halogens is 2. The van der Waals surface area contributed by atoms with Crippen molar-refractivity contribution in [3.63, 3.8) is 0 Å². The van der Waals surface area contributed by atoms with Gasteiger partial charge in [-0.15, -0.1) is 0 Å². The minimum absolute atomic E-state index is 0.0373. The van der Waals surface area contributed by atoms with E-state index in [-0.39, 0.29) is 16.7 Å². The van der Waals surface area contributed by atoms with Gasteiger partial charge in [-0.2, -0.15) is 8.78 Å². The van der Waals surface area contributed by atoms with E-state index in [9.17, 15) is 8.78 Å². The van der Waals surface area contributed by atoms with E-state index in [1.807, 2.05) is 0 Å². The van der Waals surface area contributed by atoms with Gasteiger partial charge in [-0.3, -0.25) is 4.98 Å². The lowest BCUT2D eigenvalue weighted by atomic mass is 9.88. The first-order chi connectivity index (χ1) is 9.41. The van der Waals surface area contributed by atoms with E-state index in [1.165, 1.54) is 18.2 Å². The van der Waals surface area contributed by atoms with Gasteiger partial charge in [-0.25, -0.2) is 0 Å². The summed E-state index contributed by atoms with van der Waals surface area (Å²) in [5, 5.41) is 3.18. The smallest absolute Gasteiger partial charge is 0.314 e. The van der Waals surface area contributed by atoms with Gasteiger partial charge in [0.25, 0.3) is 0 Å². The van der Waals surface area contributed by atoms with Crippen LogP contribution in [0, 0.1) is 0 Å². The second-order valence-corrected chi connectivity index (χ2v) is 5.79. The molecule has 1 aromatic heterocycles. The number of benzene rings is 1. The maximum absolute atomic E-state index is 14.5. The largest absolute Gasteiger partial charge is 0.384 e. The van der Waals surface area contributed by atoms with Crippen LogP contribution in [0.2, 0.25) is 0 Å². The van der Waals surface area contributed by atoms with Crippen molar-refractivity contribution in [1.82, 2.24) is 4.98 Å². The van der Waals surface area contributed by atoms with Crippen molar-refractivity contribution in [2.24, 2.45) is 0 Å². The number of nitrogens with one attached hydrogen (secondary N) is 1.